The van der Waals surface area contributed by atoms with Crippen molar-refractivity contribution >= 4 is 16.7 Å². The molecule has 3 N–H and O–H groups in total. The quantitative estimate of drug-likeness (QED) is 0.485. The van der Waals surface area contributed by atoms with Gasteiger partial charge >= 0.3 is 0 Å². The van der Waals surface area contributed by atoms with E-state index in [1.165, 1.54) is 12.1 Å². The van der Waals surface area contributed by atoms with Crippen LogP contribution in [0.4, 0.5) is 10.2 Å². The summed E-state index contributed by atoms with van der Waals surface area (Å²) in [5.74, 6) is 6.14. The number of hydrazine groups is 1. The monoisotopic (exact) mass is 397 g/mol. The molecule has 0 spiro atoms. The summed E-state index contributed by atoms with van der Waals surface area (Å²) in [7, 11) is 1.66. The van der Waals surface area contributed by atoms with E-state index < -0.39 is 5.60 Å². The van der Waals surface area contributed by atoms with Crippen LogP contribution in [0.3, 0.4) is 0 Å². The van der Waals surface area contributed by atoms with Crippen LogP contribution in [0.2, 0.25) is 0 Å². The van der Waals surface area contributed by atoms with Gasteiger partial charge in [-0.15, -0.1) is 0 Å². The van der Waals surface area contributed by atoms with Crippen LogP contribution in [0.25, 0.3) is 10.9 Å². The van der Waals surface area contributed by atoms with Gasteiger partial charge in [-0.25, -0.2) is 15.2 Å². The average Bonchev–Trinajstić information content (AvgIpc) is 2.77. The van der Waals surface area contributed by atoms with Crippen LogP contribution in [0.5, 0.6) is 5.75 Å². The molecule has 29 heavy (non-hydrogen) atoms. The van der Waals surface area contributed by atoms with Crippen LogP contribution < -0.4 is 16.0 Å². The Hall–Kier alpha value is -2.74. The van der Waals surface area contributed by atoms with Crippen molar-refractivity contribution in [3.63, 3.8) is 0 Å². The van der Waals surface area contributed by atoms with Crippen molar-refractivity contribution in [3.05, 3.63) is 65.5 Å². The Kier molecular flexibility index (Phi) is 5.62. The lowest BCUT2D eigenvalue weighted by Crippen LogP contribution is -2.35. The third-order valence-corrected chi connectivity index (χ3v) is 5.45. The number of nitrogens with zero attached hydrogens (tertiary/aromatic N) is 1. The number of rotatable bonds is 6. The van der Waals surface area contributed by atoms with E-state index >= 15 is 0 Å². The van der Waals surface area contributed by atoms with E-state index in [0.29, 0.717) is 44.2 Å². The smallest absolute Gasteiger partial charge is 0.140 e. The third-order valence-electron chi connectivity index (χ3n) is 5.45. The number of ether oxygens (including phenoxy) is 3. The molecule has 2 aromatic carbocycles. The Balaban J connectivity index is 1.59. The minimum absolute atomic E-state index is 0.292. The lowest BCUT2D eigenvalue weighted by atomic mass is 9.86. The van der Waals surface area contributed by atoms with E-state index in [4.69, 9.17) is 20.1 Å². The maximum atomic E-state index is 14.4. The lowest BCUT2D eigenvalue weighted by molar-refractivity contribution is -0.0950. The molecule has 6 nitrogen and oxygen atoms in total. The molecule has 0 saturated carbocycles. The van der Waals surface area contributed by atoms with Gasteiger partial charge in [0, 0.05) is 44.6 Å². The van der Waals surface area contributed by atoms with Gasteiger partial charge in [-0.3, -0.25) is 0 Å². The topological polar surface area (TPSA) is 78.6 Å². The molecule has 2 heterocycles. The second-order valence-corrected chi connectivity index (χ2v) is 7.10. The number of fused-ring (bicyclic) bond motifs is 1. The van der Waals surface area contributed by atoms with Crippen LogP contribution in [0.15, 0.2) is 48.5 Å². The molecule has 7 heteroatoms. The molecule has 1 aliphatic heterocycles. The Morgan fingerprint density at radius 1 is 1.17 bits per heavy atom. The summed E-state index contributed by atoms with van der Waals surface area (Å²) in [6.07, 6.45) is 1.36. The molecule has 0 aliphatic carbocycles. The summed E-state index contributed by atoms with van der Waals surface area (Å²) in [6.45, 7) is 1.47. The van der Waals surface area contributed by atoms with Crippen LogP contribution in [-0.4, -0.2) is 25.3 Å². The first-order valence-electron chi connectivity index (χ1n) is 9.55. The van der Waals surface area contributed by atoms with Crippen molar-refractivity contribution in [2.24, 2.45) is 5.84 Å². The maximum absolute atomic E-state index is 14.4. The lowest BCUT2D eigenvalue weighted by Gasteiger charge is -2.36. The van der Waals surface area contributed by atoms with Crippen molar-refractivity contribution < 1.29 is 18.6 Å². The Morgan fingerprint density at radius 2 is 2.00 bits per heavy atom. The number of anilines is 1. The number of pyridine rings is 1. The molecule has 0 atom stereocenters. The molecule has 3 aromatic rings. The molecule has 4 rings (SSSR count). The molecule has 0 unspecified atom stereocenters. The number of hydrogen-bond donors (Lipinski definition) is 2. The number of methoxy groups -OCH3 is 1. The van der Waals surface area contributed by atoms with Gasteiger partial charge < -0.3 is 19.6 Å². The number of nitrogens with one attached hydrogen (secondary N) is 1. The Labute approximate surface area is 168 Å². The molecule has 0 bridgehead atoms. The normalized spacial score (nSPS) is 16.0. The van der Waals surface area contributed by atoms with Crippen molar-refractivity contribution in [1.29, 1.82) is 0 Å². The molecule has 1 fully saturated rings. The van der Waals surface area contributed by atoms with Gasteiger partial charge in [0.15, 0.2) is 0 Å². The standard InChI is InChI=1S/C22H24FN3O3/c1-27-22(7-9-28-10-8-22)16-11-17(23)13-18(12-16)29-14-15-3-2-4-20-19(15)5-6-21(25-20)26-24/h2-6,11-13H,7-10,14,24H2,1H3,(H,25,26). The average molecular weight is 397 g/mol. The predicted octanol–water partition coefficient (Wildman–Crippen LogP) is 3.89. The van der Waals surface area contributed by atoms with Gasteiger partial charge in [-0.2, -0.15) is 0 Å². The highest BCUT2D eigenvalue weighted by atomic mass is 19.1. The first kappa shape index (κ1) is 19.6. The summed E-state index contributed by atoms with van der Waals surface area (Å²) in [5, 5.41) is 0.959. The third kappa shape index (κ3) is 4.03. The zero-order valence-electron chi connectivity index (χ0n) is 16.3. The predicted molar refractivity (Wildman–Crippen MR) is 109 cm³/mol. The summed E-state index contributed by atoms with van der Waals surface area (Å²) < 4.78 is 31.6. The molecule has 152 valence electrons. The first-order chi connectivity index (χ1) is 14.1. The fourth-order valence-corrected chi connectivity index (χ4v) is 3.81. The molecule has 1 aliphatic rings. The highest BCUT2D eigenvalue weighted by Gasteiger charge is 2.35. The molecule has 0 amide bonds. The number of benzene rings is 2. The number of aromatic nitrogens is 1. The summed E-state index contributed by atoms with van der Waals surface area (Å²) in [4.78, 5) is 4.44. The summed E-state index contributed by atoms with van der Waals surface area (Å²) in [5.41, 5.74) is 4.53. The van der Waals surface area contributed by atoms with Gasteiger partial charge in [0.2, 0.25) is 0 Å². The molecule has 1 aromatic heterocycles. The van der Waals surface area contributed by atoms with E-state index in [1.807, 2.05) is 30.3 Å². The first-order valence-corrected chi connectivity index (χ1v) is 9.55. The van der Waals surface area contributed by atoms with Gasteiger partial charge in [0.05, 0.1) is 11.1 Å². The largest absolute Gasteiger partial charge is 0.489 e. The Bertz CT molecular complexity index is 1010. The van der Waals surface area contributed by atoms with Crippen molar-refractivity contribution in [3.8, 4) is 5.75 Å². The number of halogens is 1. The number of hydrogen-bond acceptors (Lipinski definition) is 6. The zero-order valence-corrected chi connectivity index (χ0v) is 16.3. The second kappa shape index (κ2) is 8.32. The van der Waals surface area contributed by atoms with E-state index in [2.05, 4.69) is 10.4 Å². The van der Waals surface area contributed by atoms with Crippen LogP contribution in [-0.2, 0) is 21.7 Å². The van der Waals surface area contributed by atoms with Gasteiger partial charge in [0.1, 0.15) is 24.0 Å². The second-order valence-electron chi connectivity index (χ2n) is 7.10. The molecule has 1 saturated heterocycles. The highest BCUT2D eigenvalue weighted by molar-refractivity contribution is 5.83. The van der Waals surface area contributed by atoms with E-state index in [1.54, 1.807) is 13.2 Å². The van der Waals surface area contributed by atoms with Crippen LogP contribution in [0.1, 0.15) is 24.0 Å². The van der Waals surface area contributed by atoms with Gasteiger partial charge in [-0.05, 0) is 41.5 Å². The van der Waals surface area contributed by atoms with E-state index in [-0.39, 0.29) is 5.82 Å². The Morgan fingerprint density at radius 3 is 2.76 bits per heavy atom. The van der Waals surface area contributed by atoms with Crippen molar-refractivity contribution in [2.45, 2.75) is 25.0 Å². The SMILES string of the molecule is COC1(c2cc(F)cc(OCc3cccc4nc(NN)ccc34)c2)CCOCC1. The molecule has 0 radical (unpaired) electrons. The summed E-state index contributed by atoms with van der Waals surface area (Å²) in [6, 6.07) is 14.3. The highest BCUT2D eigenvalue weighted by Crippen LogP contribution is 2.37. The maximum Gasteiger partial charge on any atom is 0.140 e. The van der Waals surface area contributed by atoms with E-state index in [9.17, 15) is 4.39 Å². The van der Waals surface area contributed by atoms with Gasteiger partial charge in [0.25, 0.3) is 0 Å². The van der Waals surface area contributed by atoms with Crippen LogP contribution in [0, 0.1) is 5.82 Å². The van der Waals surface area contributed by atoms with E-state index in [0.717, 1.165) is 22.0 Å². The molecular weight excluding hydrogens is 373 g/mol. The van der Waals surface area contributed by atoms with Gasteiger partial charge in [-0.1, -0.05) is 12.1 Å². The minimum atomic E-state index is -0.548. The zero-order chi connectivity index (χ0) is 20.3. The van der Waals surface area contributed by atoms with Crippen molar-refractivity contribution in [2.75, 3.05) is 25.7 Å². The number of nitrogens with two attached hydrogens (primary N) is 1. The summed E-state index contributed by atoms with van der Waals surface area (Å²) >= 11 is 0. The fraction of sp³-hybridized carbons (Fsp3) is 0.318. The van der Waals surface area contributed by atoms with Crippen LogP contribution >= 0.6 is 0 Å². The number of nitrogen functional groups attached to an aromatic ring is 1. The minimum Gasteiger partial charge on any atom is -0.489 e. The van der Waals surface area contributed by atoms with Crippen molar-refractivity contribution in [1.82, 2.24) is 4.98 Å². The fourth-order valence-electron chi connectivity index (χ4n) is 3.81. The molecular formula is C22H24FN3O3.